The van der Waals surface area contributed by atoms with Gasteiger partial charge in [-0.05, 0) is 38.1 Å². The number of hydrogen-bond donors (Lipinski definition) is 1. The average Bonchev–Trinajstić information content (AvgIpc) is 2.48. The second-order valence-electron chi connectivity index (χ2n) is 5.29. The molecular weight excluding hydrogens is 298 g/mol. The van der Waals surface area contributed by atoms with Gasteiger partial charge in [-0.2, -0.15) is 0 Å². The van der Waals surface area contributed by atoms with E-state index >= 15 is 0 Å². The lowest BCUT2D eigenvalue weighted by Crippen LogP contribution is -2.51. The Morgan fingerprint density at radius 2 is 1.90 bits per heavy atom. The molecular formula is C15H21ClF2N2O. The Balaban J connectivity index is 0.00000220. The van der Waals surface area contributed by atoms with Crippen LogP contribution in [0.25, 0.3) is 0 Å². The number of amides is 1. The summed E-state index contributed by atoms with van der Waals surface area (Å²) in [6.45, 7) is 0. The number of benzene rings is 1. The molecule has 0 aromatic heterocycles. The van der Waals surface area contributed by atoms with E-state index in [1.54, 1.807) is 11.9 Å². The smallest absolute Gasteiger partial charge is 0.254 e. The van der Waals surface area contributed by atoms with Crippen molar-refractivity contribution in [2.24, 2.45) is 0 Å². The highest BCUT2D eigenvalue weighted by Gasteiger charge is 2.30. The maximum absolute atomic E-state index is 13.2. The second kappa shape index (κ2) is 7.71. The van der Waals surface area contributed by atoms with Crippen LogP contribution < -0.4 is 5.32 Å². The first-order valence-corrected chi connectivity index (χ1v) is 6.94. The molecule has 0 bridgehead atoms. The molecule has 1 amide bonds. The summed E-state index contributed by atoms with van der Waals surface area (Å²) in [6, 6.07) is 3.63. The molecule has 6 heteroatoms. The third kappa shape index (κ3) is 3.92. The molecule has 0 unspecified atom stereocenters. The van der Waals surface area contributed by atoms with Crippen molar-refractivity contribution in [3.63, 3.8) is 0 Å². The van der Waals surface area contributed by atoms with Gasteiger partial charge in [-0.1, -0.05) is 12.8 Å². The Morgan fingerprint density at radius 3 is 2.52 bits per heavy atom. The van der Waals surface area contributed by atoms with E-state index < -0.39 is 11.6 Å². The SMILES string of the molecule is CN[C@@H]1CCCC[C@H]1N(C)C(=O)c1ccc(F)c(F)c1.Cl. The van der Waals surface area contributed by atoms with Crippen LogP contribution in [0.4, 0.5) is 8.78 Å². The van der Waals surface area contributed by atoms with Gasteiger partial charge in [0.15, 0.2) is 11.6 Å². The molecule has 0 heterocycles. The van der Waals surface area contributed by atoms with Crippen molar-refractivity contribution in [3.05, 3.63) is 35.4 Å². The largest absolute Gasteiger partial charge is 0.337 e. The Morgan fingerprint density at radius 1 is 1.24 bits per heavy atom. The minimum absolute atomic E-state index is 0. The lowest BCUT2D eigenvalue weighted by atomic mass is 9.89. The van der Waals surface area contributed by atoms with E-state index in [9.17, 15) is 13.6 Å². The minimum Gasteiger partial charge on any atom is -0.337 e. The maximum Gasteiger partial charge on any atom is 0.254 e. The number of nitrogens with zero attached hydrogens (tertiary/aromatic N) is 1. The van der Waals surface area contributed by atoms with Crippen molar-refractivity contribution >= 4 is 18.3 Å². The zero-order valence-electron chi connectivity index (χ0n) is 12.2. The van der Waals surface area contributed by atoms with Gasteiger partial charge in [0.2, 0.25) is 0 Å². The lowest BCUT2D eigenvalue weighted by Gasteiger charge is -2.38. The van der Waals surface area contributed by atoms with Gasteiger partial charge in [-0.25, -0.2) is 8.78 Å². The summed E-state index contributed by atoms with van der Waals surface area (Å²) in [4.78, 5) is 14.0. The number of rotatable bonds is 3. The average molecular weight is 319 g/mol. The number of carbonyl (C=O) groups is 1. The van der Waals surface area contributed by atoms with Crippen LogP contribution >= 0.6 is 12.4 Å². The van der Waals surface area contributed by atoms with Gasteiger partial charge >= 0.3 is 0 Å². The molecule has 1 N–H and O–H groups in total. The number of halogens is 3. The Hall–Kier alpha value is -1.20. The Labute approximate surface area is 130 Å². The molecule has 1 fully saturated rings. The van der Waals surface area contributed by atoms with E-state index in [0.717, 1.165) is 37.8 Å². The normalized spacial score (nSPS) is 21.5. The number of carbonyl (C=O) groups excluding carboxylic acids is 1. The van der Waals surface area contributed by atoms with E-state index in [2.05, 4.69) is 5.32 Å². The quantitative estimate of drug-likeness (QED) is 0.929. The summed E-state index contributed by atoms with van der Waals surface area (Å²) in [5.74, 6) is -2.19. The first-order chi connectivity index (χ1) is 9.54. The molecule has 1 saturated carbocycles. The van der Waals surface area contributed by atoms with Crippen LogP contribution in [0.1, 0.15) is 36.0 Å². The topological polar surface area (TPSA) is 32.3 Å². The van der Waals surface area contributed by atoms with Crippen molar-refractivity contribution in [2.45, 2.75) is 37.8 Å². The Bertz CT molecular complexity index is 499. The van der Waals surface area contributed by atoms with Gasteiger partial charge in [0.25, 0.3) is 5.91 Å². The van der Waals surface area contributed by atoms with Gasteiger partial charge in [-0.3, -0.25) is 4.79 Å². The third-order valence-corrected chi connectivity index (χ3v) is 4.08. The molecule has 0 spiro atoms. The third-order valence-electron chi connectivity index (χ3n) is 4.08. The van der Waals surface area contributed by atoms with Gasteiger partial charge in [0, 0.05) is 24.7 Å². The van der Waals surface area contributed by atoms with Crippen LogP contribution in [-0.2, 0) is 0 Å². The highest BCUT2D eigenvalue weighted by molar-refractivity contribution is 5.94. The fraction of sp³-hybridized carbons (Fsp3) is 0.533. The van der Waals surface area contributed by atoms with Crippen LogP contribution in [0, 0.1) is 11.6 Å². The fourth-order valence-electron chi connectivity index (χ4n) is 2.89. The summed E-state index contributed by atoms with van der Waals surface area (Å²) < 4.78 is 26.2. The van der Waals surface area contributed by atoms with Crippen LogP contribution in [0.3, 0.4) is 0 Å². The molecule has 1 aromatic carbocycles. The van der Waals surface area contributed by atoms with Crippen molar-refractivity contribution in [1.29, 1.82) is 0 Å². The van der Waals surface area contributed by atoms with E-state index in [1.807, 2.05) is 7.05 Å². The predicted molar refractivity (Wildman–Crippen MR) is 80.8 cm³/mol. The van der Waals surface area contributed by atoms with Gasteiger partial charge in [0.1, 0.15) is 0 Å². The van der Waals surface area contributed by atoms with E-state index in [4.69, 9.17) is 0 Å². The van der Waals surface area contributed by atoms with Gasteiger partial charge in [-0.15, -0.1) is 12.4 Å². The Kier molecular flexibility index (Phi) is 6.55. The highest BCUT2D eigenvalue weighted by atomic mass is 35.5. The van der Waals surface area contributed by atoms with Gasteiger partial charge < -0.3 is 10.2 Å². The summed E-state index contributed by atoms with van der Waals surface area (Å²) in [7, 11) is 3.61. The van der Waals surface area contributed by atoms with E-state index in [0.29, 0.717) is 0 Å². The van der Waals surface area contributed by atoms with Crippen molar-refractivity contribution in [2.75, 3.05) is 14.1 Å². The molecule has 21 heavy (non-hydrogen) atoms. The van der Waals surface area contributed by atoms with E-state index in [1.165, 1.54) is 6.07 Å². The number of hydrogen-bond acceptors (Lipinski definition) is 2. The van der Waals surface area contributed by atoms with Crippen LogP contribution in [0.2, 0.25) is 0 Å². The number of nitrogens with one attached hydrogen (secondary N) is 1. The molecule has 2 rings (SSSR count). The standard InChI is InChI=1S/C15H20F2N2O.ClH/c1-18-13-5-3-4-6-14(13)19(2)15(20)10-7-8-11(16)12(17)9-10;/h7-9,13-14,18H,3-6H2,1-2H3;1H/t13-,14-;/m1./s1. The molecule has 0 radical (unpaired) electrons. The first-order valence-electron chi connectivity index (χ1n) is 6.94. The zero-order valence-corrected chi connectivity index (χ0v) is 13.1. The molecule has 2 atom stereocenters. The van der Waals surface area contributed by atoms with Crippen molar-refractivity contribution in [1.82, 2.24) is 10.2 Å². The van der Waals surface area contributed by atoms with E-state index in [-0.39, 0.29) is 36.0 Å². The molecule has 3 nitrogen and oxygen atoms in total. The maximum atomic E-state index is 13.2. The summed E-state index contributed by atoms with van der Waals surface area (Å²) in [5.41, 5.74) is 0.187. The molecule has 1 aliphatic carbocycles. The molecule has 118 valence electrons. The minimum atomic E-state index is -0.988. The summed E-state index contributed by atoms with van der Waals surface area (Å²) >= 11 is 0. The fourth-order valence-corrected chi connectivity index (χ4v) is 2.89. The molecule has 0 saturated heterocycles. The van der Waals surface area contributed by atoms with Crippen LogP contribution in [0.15, 0.2) is 18.2 Å². The van der Waals surface area contributed by atoms with Crippen LogP contribution in [-0.4, -0.2) is 37.0 Å². The first kappa shape index (κ1) is 17.9. The van der Waals surface area contributed by atoms with Gasteiger partial charge in [0.05, 0.1) is 0 Å². The second-order valence-corrected chi connectivity index (χ2v) is 5.29. The molecule has 0 aliphatic heterocycles. The lowest BCUT2D eigenvalue weighted by molar-refractivity contribution is 0.0654. The van der Waals surface area contributed by atoms with Crippen LogP contribution in [0.5, 0.6) is 0 Å². The summed E-state index contributed by atoms with van der Waals surface area (Å²) in [5, 5.41) is 3.23. The zero-order chi connectivity index (χ0) is 14.7. The monoisotopic (exact) mass is 318 g/mol. The predicted octanol–water partition coefficient (Wildman–Crippen LogP) is 2.99. The van der Waals surface area contributed by atoms with Crippen molar-refractivity contribution in [3.8, 4) is 0 Å². The number of likely N-dealkylation sites (N-methyl/N-ethyl adjacent to an activating group) is 2. The highest BCUT2D eigenvalue weighted by Crippen LogP contribution is 2.23. The molecule has 1 aliphatic rings. The molecule has 1 aromatic rings. The summed E-state index contributed by atoms with van der Waals surface area (Å²) in [6.07, 6.45) is 4.18. The van der Waals surface area contributed by atoms with Crippen molar-refractivity contribution < 1.29 is 13.6 Å².